The third kappa shape index (κ3) is 3.70. The number of methoxy groups -OCH3 is 4. The molecule has 1 aromatic heterocycles. The van der Waals surface area contributed by atoms with Gasteiger partial charge in [0.05, 0.1) is 51.8 Å². The van der Waals surface area contributed by atoms with Gasteiger partial charge in [0.25, 0.3) is 0 Å². The molecule has 0 saturated carbocycles. The van der Waals surface area contributed by atoms with Crippen molar-refractivity contribution < 1.29 is 28.5 Å². The fourth-order valence-electron chi connectivity index (χ4n) is 3.46. The van der Waals surface area contributed by atoms with E-state index in [1.807, 2.05) is 18.2 Å². The second-order valence-corrected chi connectivity index (χ2v) is 6.46. The quantitative estimate of drug-likeness (QED) is 0.533. The second-order valence-electron chi connectivity index (χ2n) is 6.46. The Morgan fingerprint density at radius 1 is 0.867 bits per heavy atom. The molecule has 0 fully saturated rings. The number of pyridine rings is 1. The second kappa shape index (κ2) is 8.90. The van der Waals surface area contributed by atoms with Crippen LogP contribution < -0.4 is 18.9 Å². The number of carbonyl (C=O) groups excluding carboxylic acids is 1. The van der Waals surface area contributed by atoms with E-state index in [9.17, 15) is 4.79 Å². The van der Waals surface area contributed by atoms with Gasteiger partial charge >= 0.3 is 5.97 Å². The van der Waals surface area contributed by atoms with Crippen molar-refractivity contribution in [3.05, 3.63) is 41.6 Å². The summed E-state index contributed by atoms with van der Waals surface area (Å²) in [5.74, 6) is 1.79. The maximum Gasteiger partial charge on any atom is 0.340 e. The fourth-order valence-corrected chi connectivity index (χ4v) is 3.46. The summed E-state index contributed by atoms with van der Waals surface area (Å²) in [6, 6.07) is 9.10. The molecular weight excluding hydrogens is 386 g/mol. The van der Waals surface area contributed by atoms with Crippen LogP contribution in [0, 0.1) is 6.92 Å². The SMILES string of the molecule is CCOC(=O)c1c(C)nc2cc(OC)c(OC)cc2c1-c1ccc(OC)c(OC)c1. The summed E-state index contributed by atoms with van der Waals surface area (Å²) in [5, 5.41) is 0.730. The Morgan fingerprint density at radius 3 is 2.07 bits per heavy atom. The van der Waals surface area contributed by atoms with Gasteiger partial charge in [-0.05, 0) is 37.6 Å². The lowest BCUT2D eigenvalue weighted by Crippen LogP contribution is -2.11. The first-order valence-electron chi connectivity index (χ1n) is 9.44. The van der Waals surface area contributed by atoms with Crippen LogP contribution >= 0.6 is 0 Å². The third-order valence-corrected chi connectivity index (χ3v) is 4.82. The summed E-state index contributed by atoms with van der Waals surface area (Å²) >= 11 is 0. The van der Waals surface area contributed by atoms with Crippen LogP contribution in [0.2, 0.25) is 0 Å². The normalized spacial score (nSPS) is 10.6. The molecule has 3 rings (SSSR count). The number of aryl methyl sites for hydroxylation is 1. The van der Waals surface area contributed by atoms with E-state index in [0.717, 1.165) is 10.9 Å². The number of carbonyl (C=O) groups is 1. The summed E-state index contributed by atoms with van der Waals surface area (Å²) in [5.41, 5.74) is 3.06. The minimum atomic E-state index is -0.441. The molecule has 0 radical (unpaired) electrons. The minimum absolute atomic E-state index is 0.258. The zero-order valence-electron chi connectivity index (χ0n) is 18.0. The molecule has 0 spiro atoms. The fraction of sp³-hybridized carbons (Fsp3) is 0.304. The van der Waals surface area contributed by atoms with Crippen LogP contribution in [-0.2, 0) is 4.74 Å². The lowest BCUT2D eigenvalue weighted by atomic mass is 9.93. The Bertz CT molecular complexity index is 1090. The number of ether oxygens (including phenoxy) is 5. The predicted octanol–water partition coefficient (Wildman–Crippen LogP) is 4.42. The average Bonchev–Trinajstić information content (AvgIpc) is 2.76. The Hall–Kier alpha value is -3.48. The molecule has 0 atom stereocenters. The number of benzene rings is 2. The van der Waals surface area contributed by atoms with Gasteiger partial charge in [-0.25, -0.2) is 4.79 Å². The Labute approximate surface area is 175 Å². The standard InChI is InChI=1S/C23H25NO6/c1-7-30-23(25)21-13(2)24-16-12-20(29-6)19(28-5)11-15(16)22(21)14-8-9-17(26-3)18(10-14)27-4/h8-12H,7H2,1-6H3. The largest absolute Gasteiger partial charge is 0.493 e. The maximum atomic E-state index is 12.9. The first-order valence-corrected chi connectivity index (χ1v) is 9.44. The monoisotopic (exact) mass is 411 g/mol. The van der Waals surface area contributed by atoms with E-state index >= 15 is 0 Å². The zero-order chi connectivity index (χ0) is 21.8. The summed E-state index contributed by atoms with van der Waals surface area (Å²) in [7, 11) is 6.27. The summed E-state index contributed by atoms with van der Waals surface area (Å²) < 4.78 is 27.1. The number of hydrogen-bond acceptors (Lipinski definition) is 7. The van der Waals surface area contributed by atoms with Crippen molar-refractivity contribution in [3.63, 3.8) is 0 Å². The van der Waals surface area contributed by atoms with Crippen molar-refractivity contribution in [3.8, 4) is 34.1 Å². The Kier molecular flexibility index (Phi) is 6.30. The highest BCUT2D eigenvalue weighted by atomic mass is 16.5. The Balaban J connectivity index is 2.43. The van der Waals surface area contributed by atoms with Gasteiger partial charge < -0.3 is 23.7 Å². The molecule has 30 heavy (non-hydrogen) atoms. The highest BCUT2D eigenvalue weighted by Gasteiger charge is 2.24. The summed E-state index contributed by atoms with van der Waals surface area (Å²) in [6.07, 6.45) is 0. The first kappa shape index (κ1) is 21.2. The van der Waals surface area contributed by atoms with Crippen LogP contribution in [0.4, 0.5) is 0 Å². The minimum Gasteiger partial charge on any atom is -0.493 e. The number of aromatic nitrogens is 1. The predicted molar refractivity (Wildman–Crippen MR) is 114 cm³/mol. The van der Waals surface area contributed by atoms with Gasteiger partial charge in [0.1, 0.15) is 0 Å². The highest BCUT2D eigenvalue weighted by molar-refractivity contribution is 6.08. The first-order chi connectivity index (χ1) is 14.5. The molecule has 0 amide bonds. The molecule has 158 valence electrons. The molecule has 0 aliphatic rings. The Morgan fingerprint density at radius 2 is 1.47 bits per heavy atom. The zero-order valence-corrected chi connectivity index (χ0v) is 18.0. The van der Waals surface area contributed by atoms with Crippen molar-refractivity contribution in [2.75, 3.05) is 35.0 Å². The van der Waals surface area contributed by atoms with Gasteiger partial charge in [-0.15, -0.1) is 0 Å². The third-order valence-electron chi connectivity index (χ3n) is 4.82. The molecule has 0 N–H and O–H groups in total. The van der Waals surface area contributed by atoms with Crippen LogP contribution in [0.25, 0.3) is 22.0 Å². The number of hydrogen-bond donors (Lipinski definition) is 0. The van der Waals surface area contributed by atoms with Gasteiger partial charge in [0.2, 0.25) is 0 Å². The molecule has 7 nitrogen and oxygen atoms in total. The van der Waals surface area contributed by atoms with Crippen LogP contribution in [0.3, 0.4) is 0 Å². The van der Waals surface area contributed by atoms with E-state index in [4.69, 9.17) is 23.7 Å². The lowest BCUT2D eigenvalue weighted by molar-refractivity contribution is 0.0526. The number of rotatable bonds is 7. The van der Waals surface area contributed by atoms with Gasteiger partial charge in [-0.3, -0.25) is 4.98 Å². The number of nitrogens with zero attached hydrogens (tertiary/aromatic N) is 1. The van der Waals surface area contributed by atoms with Crippen molar-refractivity contribution in [2.45, 2.75) is 13.8 Å². The van der Waals surface area contributed by atoms with Crippen molar-refractivity contribution in [1.82, 2.24) is 4.98 Å². The van der Waals surface area contributed by atoms with Crippen molar-refractivity contribution in [2.24, 2.45) is 0 Å². The molecule has 0 saturated heterocycles. The van der Waals surface area contributed by atoms with Crippen LogP contribution in [0.1, 0.15) is 23.0 Å². The molecular formula is C23H25NO6. The maximum absolute atomic E-state index is 12.9. The smallest absolute Gasteiger partial charge is 0.340 e. The van der Waals surface area contributed by atoms with E-state index in [1.165, 1.54) is 0 Å². The van der Waals surface area contributed by atoms with Crippen LogP contribution in [0.5, 0.6) is 23.0 Å². The summed E-state index contributed by atoms with van der Waals surface area (Å²) in [6.45, 7) is 3.81. The van der Waals surface area contributed by atoms with E-state index in [-0.39, 0.29) is 6.61 Å². The topological polar surface area (TPSA) is 76.1 Å². The molecule has 1 heterocycles. The van der Waals surface area contributed by atoms with Gasteiger partial charge in [-0.2, -0.15) is 0 Å². The van der Waals surface area contributed by atoms with Gasteiger partial charge in [-0.1, -0.05) is 6.07 Å². The van der Waals surface area contributed by atoms with Gasteiger partial charge in [0.15, 0.2) is 23.0 Å². The number of fused-ring (bicyclic) bond motifs is 1. The van der Waals surface area contributed by atoms with E-state index in [2.05, 4.69) is 4.98 Å². The lowest BCUT2D eigenvalue weighted by Gasteiger charge is -2.18. The van der Waals surface area contributed by atoms with Crippen LogP contribution in [0.15, 0.2) is 30.3 Å². The highest BCUT2D eigenvalue weighted by Crippen LogP contribution is 2.41. The molecule has 2 aromatic carbocycles. The van der Waals surface area contributed by atoms with Gasteiger partial charge in [0, 0.05) is 17.0 Å². The molecule has 0 unspecified atom stereocenters. The van der Waals surface area contributed by atoms with Crippen molar-refractivity contribution in [1.29, 1.82) is 0 Å². The molecule has 0 aliphatic carbocycles. The average molecular weight is 411 g/mol. The molecule has 0 aliphatic heterocycles. The molecule has 7 heteroatoms. The van der Waals surface area contributed by atoms with Crippen LogP contribution in [-0.4, -0.2) is 46.0 Å². The van der Waals surface area contributed by atoms with Crippen molar-refractivity contribution >= 4 is 16.9 Å². The molecule has 3 aromatic rings. The summed E-state index contributed by atoms with van der Waals surface area (Å²) in [4.78, 5) is 17.5. The van der Waals surface area contributed by atoms with E-state index in [0.29, 0.717) is 45.3 Å². The number of esters is 1. The van der Waals surface area contributed by atoms with E-state index < -0.39 is 5.97 Å². The van der Waals surface area contributed by atoms with E-state index in [1.54, 1.807) is 54.4 Å². The molecule has 0 bridgehead atoms.